The van der Waals surface area contributed by atoms with E-state index in [4.69, 9.17) is 4.74 Å². The Bertz CT molecular complexity index is 1080. The van der Waals surface area contributed by atoms with E-state index < -0.39 is 11.6 Å². The molecule has 1 unspecified atom stereocenters. The predicted molar refractivity (Wildman–Crippen MR) is 108 cm³/mol. The highest BCUT2D eigenvalue weighted by Gasteiger charge is 2.20. The molecule has 1 aromatic carbocycles. The molecule has 0 radical (unpaired) electrons. The number of nitrogens with zero attached hydrogens (tertiary/aromatic N) is 4. The van der Waals surface area contributed by atoms with Gasteiger partial charge in [0.2, 0.25) is 0 Å². The highest BCUT2D eigenvalue weighted by molar-refractivity contribution is 5.95. The lowest BCUT2D eigenvalue weighted by atomic mass is 10.1. The molecule has 0 aliphatic carbocycles. The van der Waals surface area contributed by atoms with Crippen LogP contribution >= 0.6 is 0 Å². The summed E-state index contributed by atoms with van der Waals surface area (Å²) >= 11 is 0. The second-order valence-electron chi connectivity index (χ2n) is 7.27. The van der Waals surface area contributed by atoms with Crippen molar-refractivity contribution in [1.82, 2.24) is 24.8 Å². The highest BCUT2D eigenvalue weighted by atomic mass is 19.1. The quantitative estimate of drug-likeness (QED) is 0.663. The lowest BCUT2D eigenvalue weighted by Gasteiger charge is -2.24. The number of aromatic nitrogens is 3. The third-order valence-corrected chi connectivity index (χ3v) is 4.89. The molecule has 1 saturated heterocycles. The molecule has 1 aliphatic heterocycles. The minimum Gasteiger partial charge on any atom is -0.374 e. The van der Waals surface area contributed by atoms with Gasteiger partial charge in [-0.3, -0.25) is 4.79 Å². The highest BCUT2D eigenvalue weighted by Crippen LogP contribution is 2.28. The van der Waals surface area contributed by atoms with Crippen LogP contribution in [0.25, 0.3) is 11.0 Å². The molecular weight excluding hydrogens is 394 g/mol. The van der Waals surface area contributed by atoms with Crippen molar-refractivity contribution in [3.63, 3.8) is 0 Å². The van der Waals surface area contributed by atoms with Crippen LogP contribution in [0, 0.1) is 11.6 Å². The fourth-order valence-electron chi connectivity index (χ4n) is 3.40. The van der Waals surface area contributed by atoms with Crippen molar-refractivity contribution >= 4 is 28.4 Å². The fraction of sp³-hybridized carbons (Fsp3) is 0.350. The third-order valence-electron chi connectivity index (χ3n) is 4.89. The summed E-state index contributed by atoms with van der Waals surface area (Å²) in [7, 11) is 3.18. The summed E-state index contributed by atoms with van der Waals surface area (Å²) in [5.74, 6) is -1.33. The van der Waals surface area contributed by atoms with Crippen LogP contribution < -0.4 is 10.6 Å². The lowest BCUT2D eigenvalue weighted by Crippen LogP contribution is -2.40. The van der Waals surface area contributed by atoms with Gasteiger partial charge in [0, 0.05) is 38.9 Å². The molecular formula is C20H22F2N6O2. The molecule has 8 nitrogen and oxygen atoms in total. The Labute approximate surface area is 171 Å². The first kappa shape index (κ1) is 20.2. The van der Waals surface area contributed by atoms with Crippen LogP contribution in [0.4, 0.5) is 20.3 Å². The van der Waals surface area contributed by atoms with E-state index in [-0.39, 0.29) is 34.5 Å². The number of fused-ring (bicyclic) bond motifs is 1. The zero-order valence-corrected chi connectivity index (χ0v) is 16.7. The largest absolute Gasteiger partial charge is 0.374 e. The van der Waals surface area contributed by atoms with E-state index in [9.17, 15) is 13.6 Å². The molecule has 1 aliphatic rings. The van der Waals surface area contributed by atoms with Crippen molar-refractivity contribution in [2.75, 3.05) is 39.1 Å². The number of hydrogen-bond donors (Lipinski definition) is 2. The molecule has 4 rings (SSSR count). The van der Waals surface area contributed by atoms with Crippen molar-refractivity contribution in [1.29, 1.82) is 0 Å². The zero-order valence-electron chi connectivity index (χ0n) is 16.7. The molecule has 3 aromatic rings. The second kappa shape index (κ2) is 8.33. The van der Waals surface area contributed by atoms with Crippen LogP contribution in [-0.2, 0) is 11.3 Å². The smallest absolute Gasteiger partial charge is 0.253 e. The summed E-state index contributed by atoms with van der Waals surface area (Å²) in [6.07, 6.45) is 2.54. The maximum absolute atomic E-state index is 14.7. The number of morpholine rings is 1. The number of benzene rings is 1. The van der Waals surface area contributed by atoms with E-state index >= 15 is 0 Å². The van der Waals surface area contributed by atoms with Gasteiger partial charge in [-0.15, -0.1) is 0 Å². The Morgan fingerprint density at radius 2 is 2.17 bits per heavy atom. The van der Waals surface area contributed by atoms with Gasteiger partial charge < -0.3 is 24.8 Å². The average Bonchev–Trinajstić information content (AvgIpc) is 3.06. The van der Waals surface area contributed by atoms with E-state index in [1.165, 1.54) is 29.6 Å². The molecule has 1 amide bonds. The molecule has 10 heteroatoms. The summed E-state index contributed by atoms with van der Waals surface area (Å²) in [4.78, 5) is 21.7. The number of anilines is 2. The first-order valence-electron chi connectivity index (χ1n) is 9.54. The van der Waals surface area contributed by atoms with Gasteiger partial charge >= 0.3 is 0 Å². The van der Waals surface area contributed by atoms with Crippen molar-refractivity contribution in [3.05, 3.63) is 47.9 Å². The number of ether oxygens (including phenoxy) is 1. The second-order valence-corrected chi connectivity index (χ2v) is 7.27. The van der Waals surface area contributed by atoms with E-state index in [1.807, 2.05) is 0 Å². The van der Waals surface area contributed by atoms with Crippen LogP contribution in [-0.4, -0.2) is 65.2 Å². The number of carbonyl (C=O) groups excluding carboxylic acids is 1. The van der Waals surface area contributed by atoms with E-state index in [2.05, 4.69) is 20.6 Å². The minimum absolute atomic E-state index is 0.0808. The SMILES string of the molecule is CN(C)C(=O)c1ccc(Nc2ncnc3c2c(F)cn3CC2CNCCO2)c(F)c1. The minimum atomic E-state index is -0.643. The summed E-state index contributed by atoms with van der Waals surface area (Å²) in [6.45, 7) is 2.48. The van der Waals surface area contributed by atoms with Crippen LogP contribution in [0.1, 0.15) is 10.4 Å². The summed E-state index contributed by atoms with van der Waals surface area (Å²) in [5.41, 5.74) is 0.686. The van der Waals surface area contributed by atoms with Gasteiger partial charge in [-0.1, -0.05) is 0 Å². The number of hydrogen-bond acceptors (Lipinski definition) is 6. The van der Waals surface area contributed by atoms with Gasteiger partial charge in [0.05, 0.1) is 30.3 Å². The van der Waals surface area contributed by atoms with Crippen LogP contribution in [0.3, 0.4) is 0 Å². The van der Waals surface area contributed by atoms with Crippen LogP contribution in [0.15, 0.2) is 30.7 Å². The molecule has 0 saturated carbocycles. The van der Waals surface area contributed by atoms with Gasteiger partial charge in [-0.2, -0.15) is 0 Å². The summed E-state index contributed by atoms with van der Waals surface area (Å²) in [5, 5.41) is 6.22. The lowest BCUT2D eigenvalue weighted by molar-refractivity contribution is 0.0188. The van der Waals surface area contributed by atoms with Crippen molar-refractivity contribution in [3.8, 4) is 0 Å². The molecule has 30 heavy (non-hydrogen) atoms. The van der Waals surface area contributed by atoms with E-state index in [1.54, 1.807) is 18.7 Å². The number of amides is 1. The summed E-state index contributed by atoms with van der Waals surface area (Å²) in [6, 6.07) is 4.07. The van der Waals surface area contributed by atoms with Gasteiger partial charge in [0.25, 0.3) is 5.91 Å². The Balaban J connectivity index is 1.63. The topological polar surface area (TPSA) is 84.3 Å². The third kappa shape index (κ3) is 3.96. The summed E-state index contributed by atoms with van der Waals surface area (Å²) < 4.78 is 36.7. The zero-order chi connectivity index (χ0) is 21.3. The Morgan fingerprint density at radius 1 is 1.33 bits per heavy atom. The van der Waals surface area contributed by atoms with Gasteiger partial charge in [0.1, 0.15) is 23.6 Å². The molecule has 2 aromatic heterocycles. The monoisotopic (exact) mass is 416 g/mol. The standard InChI is InChI=1S/C20H22F2N6O2/c1-27(2)20(29)12-3-4-16(14(21)7-12)26-18-17-15(22)10-28(19(17)25-11-24-18)9-13-8-23-5-6-30-13/h3-4,7,10-11,13,23H,5-6,8-9H2,1-2H3,(H,24,25,26). The first-order valence-corrected chi connectivity index (χ1v) is 9.54. The Morgan fingerprint density at radius 3 is 2.87 bits per heavy atom. The maximum Gasteiger partial charge on any atom is 0.253 e. The number of nitrogens with one attached hydrogen (secondary N) is 2. The van der Waals surface area contributed by atoms with E-state index in [0.29, 0.717) is 25.3 Å². The van der Waals surface area contributed by atoms with Crippen molar-refractivity contribution in [2.24, 2.45) is 0 Å². The fourth-order valence-corrected chi connectivity index (χ4v) is 3.40. The van der Waals surface area contributed by atoms with E-state index in [0.717, 1.165) is 12.6 Å². The van der Waals surface area contributed by atoms with Crippen molar-refractivity contribution < 1.29 is 18.3 Å². The number of rotatable bonds is 5. The average molecular weight is 416 g/mol. The maximum atomic E-state index is 14.7. The first-order chi connectivity index (χ1) is 14.4. The molecule has 0 spiro atoms. The molecule has 3 heterocycles. The molecule has 158 valence electrons. The molecule has 2 N–H and O–H groups in total. The predicted octanol–water partition coefficient (Wildman–Crippen LogP) is 2.14. The van der Waals surface area contributed by atoms with Gasteiger partial charge in [-0.25, -0.2) is 18.7 Å². The molecule has 1 atom stereocenters. The number of carbonyl (C=O) groups is 1. The van der Waals surface area contributed by atoms with Crippen LogP contribution in [0.2, 0.25) is 0 Å². The molecule has 0 bridgehead atoms. The Hall–Kier alpha value is -3.11. The van der Waals surface area contributed by atoms with Crippen LogP contribution in [0.5, 0.6) is 0 Å². The van der Waals surface area contributed by atoms with Gasteiger partial charge in [0.15, 0.2) is 5.82 Å². The normalized spacial score (nSPS) is 16.6. The van der Waals surface area contributed by atoms with Crippen molar-refractivity contribution in [2.45, 2.75) is 12.6 Å². The molecule has 1 fully saturated rings. The van der Waals surface area contributed by atoms with Gasteiger partial charge in [-0.05, 0) is 18.2 Å². The Kier molecular flexibility index (Phi) is 5.60. The number of halogens is 2.